The minimum absolute atomic E-state index is 0.0437. The van der Waals surface area contributed by atoms with Crippen molar-refractivity contribution in [2.45, 2.75) is 24.9 Å². The predicted molar refractivity (Wildman–Crippen MR) is 65.3 cm³/mol. The SMILES string of the molecule is CN1CCOC(c2noc(C3CCCNC3)n2)C1. The van der Waals surface area contributed by atoms with Gasteiger partial charge in [-0.3, -0.25) is 0 Å². The van der Waals surface area contributed by atoms with Gasteiger partial charge in [0.2, 0.25) is 11.7 Å². The molecule has 2 aliphatic rings. The smallest absolute Gasteiger partial charge is 0.231 e. The van der Waals surface area contributed by atoms with Gasteiger partial charge in [-0.05, 0) is 26.4 Å². The van der Waals surface area contributed by atoms with Crippen molar-refractivity contribution < 1.29 is 9.26 Å². The summed E-state index contributed by atoms with van der Waals surface area (Å²) in [5, 5.41) is 7.45. The van der Waals surface area contributed by atoms with E-state index in [1.807, 2.05) is 0 Å². The number of aromatic nitrogens is 2. The maximum absolute atomic E-state index is 5.69. The fraction of sp³-hybridized carbons (Fsp3) is 0.833. The molecule has 6 nitrogen and oxygen atoms in total. The number of ether oxygens (including phenoxy) is 1. The third-order valence-electron chi connectivity index (χ3n) is 3.66. The van der Waals surface area contributed by atoms with Crippen LogP contribution in [-0.2, 0) is 4.74 Å². The average molecular weight is 252 g/mol. The third kappa shape index (κ3) is 2.55. The second kappa shape index (κ2) is 5.34. The Morgan fingerprint density at radius 3 is 3.17 bits per heavy atom. The van der Waals surface area contributed by atoms with Crippen molar-refractivity contribution in [2.24, 2.45) is 0 Å². The molecular weight excluding hydrogens is 232 g/mol. The first-order valence-electron chi connectivity index (χ1n) is 6.67. The lowest BCUT2D eigenvalue weighted by molar-refractivity contribution is -0.0264. The molecule has 0 amide bonds. The van der Waals surface area contributed by atoms with E-state index in [1.54, 1.807) is 0 Å². The van der Waals surface area contributed by atoms with Crippen LogP contribution in [0, 0.1) is 0 Å². The van der Waals surface area contributed by atoms with Crippen LogP contribution in [0.25, 0.3) is 0 Å². The molecule has 2 aliphatic heterocycles. The highest BCUT2D eigenvalue weighted by Crippen LogP contribution is 2.24. The number of piperidine rings is 1. The summed E-state index contributed by atoms with van der Waals surface area (Å²) in [5.74, 6) is 1.82. The molecule has 2 atom stereocenters. The van der Waals surface area contributed by atoms with Gasteiger partial charge in [-0.25, -0.2) is 0 Å². The fourth-order valence-electron chi connectivity index (χ4n) is 2.54. The molecule has 0 radical (unpaired) electrons. The minimum atomic E-state index is -0.0437. The Balaban J connectivity index is 1.68. The molecular formula is C12H20N4O2. The summed E-state index contributed by atoms with van der Waals surface area (Å²) in [6, 6.07) is 0. The average Bonchev–Trinajstić information content (AvgIpc) is 2.89. The van der Waals surface area contributed by atoms with E-state index in [9.17, 15) is 0 Å². The Hall–Kier alpha value is -0.980. The van der Waals surface area contributed by atoms with Crippen LogP contribution in [0.1, 0.15) is 36.6 Å². The van der Waals surface area contributed by atoms with Crippen LogP contribution in [0.2, 0.25) is 0 Å². The summed E-state index contributed by atoms with van der Waals surface area (Å²) >= 11 is 0. The van der Waals surface area contributed by atoms with E-state index >= 15 is 0 Å². The first-order valence-corrected chi connectivity index (χ1v) is 6.67. The molecule has 100 valence electrons. The Morgan fingerprint density at radius 2 is 2.39 bits per heavy atom. The van der Waals surface area contributed by atoms with Gasteiger partial charge in [0.15, 0.2) is 0 Å². The van der Waals surface area contributed by atoms with Gasteiger partial charge >= 0.3 is 0 Å². The summed E-state index contributed by atoms with van der Waals surface area (Å²) in [6.07, 6.45) is 2.25. The lowest BCUT2D eigenvalue weighted by Crippen LogP contribution is -2.35. The second-order valence-corrected chi connectivity index (χ2v) is 5.16. The van der Waals surface area contributed by atoms with Crippen LogP contribution in [0.15, 0.2) is 4.52 Å². The van der Waals surface area contributed by atoms with Crippen LogP contribution in [0.3, 0.4) is 0 Å². The molecule has 6 heteroatoms. The van der Waals surface area contributed by atoms with Crippen LogP contribution in [-0.4, -0.2) is 54.9 Å². The van der Waals surface area contributed by atoms with Gasteiger partial charge in [0.1, 0.15) is 6.10 Å². The highest BCUT2D eigenvalue weighted by Gasteiger charge is 2.27. The van der Waals surface area contributed by atoms with Crippen LogP contribution in [0.4, 0.5) is 0 Å². The van der Waals surface area contributed by atoms with Gasteiger partial charge in [0.05, 0.1) is 12.5 Å². The Kier molecular flexibility index (Phi) is 3.58. The quantitative estimate of drug-likeness (QED) is 0.829. The van der Waals surface area contributed by atoms with Crippen LogP contribution in [0.5, 0.6) is 0 Å². The van der Waals surface area contributed by atoms with Crippen molar-refractivity contribution in [2.75, 3.05) is 39.8 Å². The summed E-state index contributed by atoms with van der Waals surface area (Å²) in [5.41, 5.74) is 0. The highest BCUT2D eigenvalue weighted by molar-refractivity contribution is 5.00. The molecule has 3 heterocycles. The molecule has 1 N–H and O–H groups in total. The second-order valence-electron chi connectivity index (χ2n) is 5.16. The summed E-state index contributed by atoms with van der Waals surface area (Å²) in [7, 11) is 2.08. The molecule has 0 bridgehead atoms. The van der Waals surface area contributed by atoms with Gasteiger partial charge in [-0.15, -0.1) is 0 Å². The molecule has 18 heavy (non-hydrogen) atoms. The van der Waals surface area contributed by atoms with Crippen LogP contribution < -0.4 is 5.32 Å². The van der Waals surface area contributed by atoms with E-state index in [1.165, 1.54) is 6.42 Å². The predicted octanol–water partition coefficient (Wildman–Crippen LogP) is 0.540. The summed E-state index contributed by atoms with van der Waals surface area (Å²) in [6.45, 7) is 4.56. The van der Waals surface area contributed by atoms with Crippen molar-refractivity contribution in [3.8, 4) is 0 Å². The number of hydrogen-bond acceptors (Lipinski definition) is 6. The maximum Gasteiger partial charge on any atom is 0.231 e. The lowest BCUT2D eigenvalue weighted by atomic mass is 10.00. The van der Waals surface area contributed by atoms with Crippen molar-refractivity contribution in [1.29, 1.82) is 0 Å². The molecule has 0 aromatic carbocycles. The molecule has 1 aromatic heterocycles. The maximum atomic E-state index is 5.69. The van der Waals surface area contributed by atoms with E-state index in [0.717, 1.165) is 45.1 Å². The largest absolute Gasteiger partial charge is 0.367 e. The minimum Gasteiger partial charge on any atom is -0.367 e. The zero-order valence-corrected chi connectivity index (χ0v) is 10.8. The Bertz CT molecular complexity index is 389. The monoisotopic (exact) mass is 252 g/mol. The lowest BCUT2D eigenvalue weighted by Gasteiger charge is -2.27. The van der Waals surface area contributed by atoms with Gasteiger partial charge in [0, 0.05) is 19.6 Å². The number of nitrogens with zero attached hydrogens (tertiary/aromatic N) is 3. The normalized spacial score (nSPS) is 30.5. The number of rotatable bonds is 2. The van der Waals surface area contributed by atoms with Crippen molar-refractivity contribution >= 4 is 0 Å². The van der Waals surface area contributed by atoms with E-state index < -0.39 is 0 Å². The zero-order chi connectivity index (χ0) is 12.4. The Labute approximate surface area is 107 Å². The molecule has 3 rings (SSSR count). The number of likely N-dealkylation sites (N-methyl/N-ethyl adjacent to an activating group) is 1. The molecule has 2 saturated heterocycles. The summed E-state index contributed by atoms with van der Waals surface area (Å²) < 4.78 is 11.1. The zero-order valence-electron chi connectivity index (χ0n) is 10.8. The van der Waals surface area contributed by atoms with Crippen molar-refractivity contribution in [3.63, 3.8) is 0 Å². The van der Waals surface area contributed by atoms with Crippen LogP contribution >= 0.6 is 0 Å². The van der Waals surface area contributed by atoms with Crippen molar-refractivity contribution in [1.82, 2.24) is 20.4 Å². The fourth-order valence-corrected chi connectivity index (χ4v) is 2.54. The van der Waals surface area contributed by atoms with Gasteiger partial charge in [-0.2, -0.15) is 4.98 Å². The van der Waals surface area contributed by atoms with Gasteiger partial charge in [0.25, 0.3) is 0 Å². The molecule has 2 fully saturated rings. The molecule has 0 aliphatic carbocycles. The number of hydrogen-bond donors (Lipinski definition) is 1. The van der Waals surface area contributed by atoms with E-state index in [-0.39, 0.29) is 6.10 Å². The topological polar surface area (TPSA) is 63.4 Å². The van der Waals surface area contributed by atoms with Gasteiger partial charge in [-0.1, -0.05) is 5.16 Å². The van der Waals surface area contributed by atoms with Gasteiger partial charge < -0.3 is 19.5 Å². The first kappa shape index (κ1) is 12.1. The highest BCUT2D eigenvalue weighted by atomic mass is 16.5. The summed E-state index contributed by atoms with van der Waals surface area (Å²) in [4.78, 5) is 6.75. The van der Waals surface area contributed by atoms with E-state index in [2.05, 4.69) is 27.4 Å². The molecule has 0 saturated carbocycles. The van der Waals surface area contributed by atoms with E-state index in [0.29, 0.717) is 11.7 Å². The Morgan fingerprint density at radius 1 is 1.44 bits per heavy atom. The molecule has 1 aromatic rings. The first-order chi connectivity index (χ1) is 8.83. The molecule has 0 spiro atoms. The number of nitrogens with one attached hydrogen (secondary N) is 1. The molecule has 2 unspecified atom stereocenters. The third-order valence-corrected chi connectivity index (χ3v) is 3.66. The van der Waals surface area contributed by atoms with Crippen molar-refractivity contribution in [3.05, 3.63) is 11.7 Å². The standard InChI is InChI=1S/C12H20N4O2/c1-16-5-6-17-10(8-16)11-14-12(18-15-11)9-3-2-4-13-7-9/h9-10,13H,2-8H2,1H3. The van der Waals surface area contributed by atoms with E-state index in [4.69, 9.17) is 9.26 Å². The number of morpholine rings is 1.